The second kappa shape index (κ2) is 5.52. The zero-order valence-electron chi connectivity index (χ0n) is 10.0. The van der Waals surface area contributed by atoms with Crippen LogP contribution in [0, 0.1) is 0 Å². The zero-order chi connectivity index (χ0) is 14.8. The first-order chi connectivity index (χ1) is 9.38. The maximum atomic E-state index is 12.9. The maximum Gasteiger partial charge on any atom is 0.708 e. The highest BCUT2D eigenvalue weighted by Crippen LogP contribution is 2.37. The lowest BCUT2D eigenvalue weighted by molar-refractivity contribution is -0.137. The van der Waals surface area contributed by atoms with E-state index in [4.69, 9.17) is 10.0 Å². The highest BCUT2D eigenvalue weighted by molar-refractivity contribution is 6.33. The second-order valence-electron chi connectivity index (χ2n) is 3.87. The van der Waals surface area contributed by atoms with E-state index in [1.54, 1.807) is 0 Å². The number of hydrogen-bond acceptors (Lipinski definition) is 4. The summed E-state index contributed by atoms with van der Waals surface area (Å²) in [5.74, 6) is -0.186. The van der Waals surface area contributed by atoms with Crippen LogP contribution >= 0.6 is 0 Å². The average Bonchev–Trinajstić information content (AvgIpc) is 2.37. The molecule has 1 heterocycles. The van der Waals surface area contributed by atoms with Crippen molar-refractivity contribution in [2.24, 2.45) is 0 Å². The van der Waals surface area contributed by atoms with E-state index in [2.05, 4.69) is 9.64 Å². The molecule has 0 unspecified atom stereocenters. The van der Waals surface area contributed by atoms with Gasteiger partial charge in [-0.15, -0.1) is 0 Å². The van der Waals surface area contributed by atoms with Gasteiger partial charge in [0.05, 0.1) is 5.56 Å². The summed E-state index contributed by atoms with van der Waals surface area (Å²) in [6.07, 6.45) is -3.27. The molecule has 0 atom stereocenters. The lowest BCUT2D eigenvalue weighted by Crippen LogP contribution is -2.21. The molecule has 2 N–H and O–H groups in total. The van der Waals surface area contributed by atoms with Gasteiger partial charge in [0, 0.05) is 12.3 Å². The van der Waals surface area contributed by atoms with Gasteiger partial charge in [-0.25, -0.2) is 4.98 Å². The molecule has 0 bridgehead atoms. The lowest BCUT2D eigenvalue weighted by Gasteiger charge is -2.13. The smallest absolute Gasteiger partial charge is 0.498 e. The molecule has 2 aromatic rings. The third-order valence-electron chi connectivity index (χ3n) is 2.50. The Morgan fingerprint density at radius 3 is 2.45 bits per heavy atom. The minimum Gasteiger partial charge on any atom is -0.498 e. The summed E-state index contributed by atoms with van der Waals surface area (Å²) in [6, 6.07) is 7.63. The molecule has 1 aromatic heterocycles. The summed E-state index contributed by atoms with van der Waals surface area (Å²) < 4.78 is 43.3. The predicted octanol–water partition coefficient (Wildman–Crippen LogP) is 2.12. The molecule has 0 aliphatic heterocycles. The summed E-state index contributed by atoms with van der Waals surface area (Å²) in [5, 5.41) is 17.3. The van der Waals surface area contributed by atoms with Crippen LogP contribution in [-0.4, -0.2) is 22.4 Å². The number of alkyl halides is 3. The molecule has 0 radical (unpaired) electrons. The fourth-order valence-corrected chi connectivity index (χ4v) is 1.73. The second-order valence-corrected chi connectivity index (χ2v) is 3.87. The predicted molar refractivity (Wildman–Crippen MR) is 65.5 cm³/mol. The number of benzene rings is 1. The maximum absolute atomic E-state index is 12.9. The van der Waals surface area contributed by atoms with Crippen molar-refractivity contribution in [3.63, 3.8) is 0 Å². The van der Waals surface area contributed by atoms with Gasteiger partial charge in [0.1, 0.15) is 0 Å². The number of rotatable bonds is 3. The molecule has 2 rings (SSSR count). The van der Waals surface area contributed by atoms with Crippen molar-refractivity contribution in [1.29, 1.82) is 0 Å². The van der Waals surface area contributed by atoms with Crippen LogP contribution in [-0.2, 0) is 6.18 Å². The Morgan fingerprint density at radius 2 is 1.80 bits per heavy atom. The van der Waals surface area contributed by atoms with Gasteiger partial charge >= 0.3 is 13.5 Å². The van der Waals surface area contributed by atoms with Crippen molar-refractivity contribution in [3.05, 3.63) is 48.2 Å². The van der Waals surface area contributed by atoms with Gasteiger partial charge in [0.25, 0.3) is 0 Å². The largest absolute Gasteiger partial charge is 0.708 e. The minimum absolute atomic E-state index is 0.0420. The van der Waals surface area contributed by atoms with Crippen molar-refractivity contribution in [2.75, 3.05) is 0 Å². The van der Waals surface area contributed by atoms with Crippen LogP contribution in [0.3, 0.4) is 0 Å². The fourth-order valence-electron chi connectivity index (χ4n) is 1.73. The van der Waals surface area contributed by atoms with Gasteiger partial charge in [-0.1, -0.05) is 18.2 Å². The van der Waals surface area contributed by atoms with E-state index >= 15 is 0 Å². The monoisotopic (exact) mass is 283 g/mol. The van der Waals surface area contributed by atoms with E-state index in [0.29, 0.717) is 0 Å². The summed E-state index contributed by atoms with van der Waals surface area (Å²) in [5.41, 5.74) is -0.620. The third-order valence-corrected chi connectivity index (χ3v) is 2.50. The molecule has 0 amide bonds. The average molecular weight is 283 g/mol. The third kappa shape index (κ3) is 3.28. The highest BCUT2D eigenvalue weighted by atomic mass is 19.4. The van der Waals surface area contributed by atoms with Crippen LogP contribution in [0.15, 0.2) is 42.6 Å². The number of halogens is 3. The molecule has 0 aliphatic carbocycles. The normalized spacial score (nSPS) is 11.2. The van der Waals surface area contributed by atoms with E-state index in [1.807, 2.05) is 0 Å². The van der Waals surface area contributed by atoms with E-state index in [1.165, 1.54) is 36.5 Å². The van der Waals surface area contributed by atoms with Gasteiger partial charge in [-0.2, -0.15) is 13.2 Å². The molecule has 20 heavy (non-hydrogen) atoms. The number of aromatic nitrogens is 1. The van der Waals surface area contributed by atoms with Gasteiger partial charge in [-0.05, 0) is 23.3 Å². The molecule has 0 saturated heterocycles. The van der Waals surface area contributed by atoms with Gasteiger partial charge in [-0.3, -0.25) is 0 Å². The summed E-state index contributed by atoms with van der Waals surface area (Å²) in [4.78, 5) is 3.67. The molecule has 0 fully saturated rings. The Balaban J connectivity index is 2.47. The first kappa shape index (κ1) is 14.4. The molecule has 4 nitrogen and oxygen atoms in total. The molecular formula is C12H9BF3NO3. The Kier molecular flexibility index (Phi) is 3.96. The van der Waals surface area contributed by atoms with Gasteiger partial charge in [0.2, 0.25) is 0 Å². The Morgan fingerprint density at radius 1 is 1.10 bits per heavy atom. The fraction of sp³-hybridized carbons (Fsp3) is 0.0833. The Labute approximate surface area is 112 Å². The van der Waals surface area contributed by atoms with E-state index < -0.39 is 19.1 Å². The Hall–Kier alpha value is -2.06. The summed E-state index contributed by atoms with van der Waals surface area (Å²) >= 11 is 0. The molecular weight excluding hydrogens is 274 g/mol. The van der Waals surface area contributed by atoms with Gasteiger partial charge in [0.15, 0.2) is 5.88 Å². The van der Waals surface area contributed by atoms with Crippen molar-refractivity contribution >= 4 is 7.32 Å². The van der Waals surface area contributed by atoms with Crippen LogP contribution in [0.2, 0.25) is 0 Å². The van der Waals surface area contributed by atoms with Crippen LogP contribution in [0.4, 0.5) is 13.2 Å². The van der Waals surface area contributed by atoms with Crippen molar-refractivity contribution in [2.45, 2.75) is 6.18 Å². The quantitative estimate of drug-likeness (QED) is 0.847. The van der Waals surface area contributed by atoms with E-state index in [0.717, 1.165) is 6.07 Å². The van der Waals surface area contributed by atoms with Crippen LogP contribution < -0.4 is 4.65 Å². The number of pyridine rings is 1. The zero-order valence-corrected chi connectivity index (χ0v) is 10.0. The minimum atomic E-state index is -4.49. The van der Waals surface area contributed by atoms with Gasteiger partial charge < -0.3 is 14.7 Å². The van der Waals surface area contributed by atoms with Crippen LogP contribution in [0.1, 0.15) is 5.56 Å². The first-order valence-corrected chi connectivity index (χ1v) is 5.53. The molecule has 0 aliphatic rings. The van der Waals surface area contributed by atoms with Crippen LogP contribution in [0.25, 0.3) is 11.1 Å². The number of hydrogen-bond donors (Lipinski definition) is 2. The summed E-state index contributed by atoms with van der Waals surface area (Å²) in [7, 11) is -2.09. The lowest BCUT2D eigenvalue weighted by atomic mass is 10.0. The van der Waals surface area contributed by atoms with Crippen LogP contribution in [0.5, 0.6) is 5.88 Å². The summed E-state index contributed by atoms with van der Waals surface area (Å²) in [6.45, 7) is 0. The molecule has 0 saturated carbocycles. The highest BCUT2D eigenvalue weighted by Gasteiger charge is 2.33. The first-order valence-electron chi connectivity index (χ1n) is 5.53. The Bertz CT molecular complexity index is 604. The van der Waals surface area contributed by atoms with E-state index in [-0.39, 0.29) is 17.0 Å². The standard InChI is InChI=1S/C12H9BF3NO3/c14-12(15,16)10-4-2-1-3-9(10)8-5-6-17-11(7-8)20-13(18)19/h1-7,18-19H. The van der Waals surface area contributed by atoms with Crippen molar-refractivity contribution < 1.29 is 27.9 Å². The van der Waals surface area contributed by atoms with Crippen molar-refractivity contribution in [3.8, 4) is 17.0 Å². The molecule has 8 heteroatoms. The SMILES string of the molecule is OB(O)Oc1cc(-c2ccccc2C(F)(F)F)ccn1. The molecule has 1 aromatic carbocycles. The van der Waals surface area contributed by atoms with Crippen molar-refractivity contribution in [1.82, 2.24) is 4.98 Å². The van der Waals surface area contributed by atoms with E-state index in [9.17, 15) is 13.2 Å². The molecule has 104 valence electrons. The topological polar surface area (TPSA) is 62.6 Å². The molecule has 0 spiro atoms. The number of nitrogens with zero attached hydrogens (tertiary/aromatic N) is 1.